The number of hydrogen-bond acceptors (Lipinski definition) is 4. The van der Waals surface area contributed by atoms with Crippen LogP contribution in [0.5, 0.6) is 0 Å². The van der Waals surface area contributed by atoms with Crippen LogP contribution in [-0.4, -0.2) is 27.8 Å². The highest BCUT2D eigenvalue weighted by molar-refractivity contribution is 7.15. The molecule has 3 aromatic rings. The Morgan fingerprint density at radius 1 is 1.38 bits per heavy atom. The molecular formula is C17H15ClN2O3S. The topological polar surface area (TPSA) is 85.4 Å². The molecule has 1 aliphatic rings. The molecular weight excluding hydrogens is 348 g/mol. The van der Waals surface area contributed by atoms with Crippen molar-refractivity contribution in [3.63, 3.8) is 0 Å². The van der Waals surface area contributed by atoms with Crippen molar-refractivity contribution >= 4 is 39.7 Å². The molecule has 0 unspecified atom stereocenters. The van der Waals surface area contributed by atoms with E-state index in [9.17, 15) is 9.90 Å². The molecule has 7 heteroatoms. The fourth-order valence-corrected chi connectivity index (χ4v) is 4.58. The lowest BCUT2D eigenvalue weighted by Gasteiger charge is -2.08. The molecule has 1 fully saturated rings. The molecule has 1 saturated carbocycles. The monoisotopic (exact) mass is 362 g/mol. The first kappa shape index (κ1) is 15.7. The predicted molar refractivity (Wildman–Crippen MR) is 93.9 cm³/mol. The Kier molecular flexibility index (Phi) is 3.65. The lowest BCUT2D eigenvalue weighted by Crippen LogP contribution is -2.17. The molecule has 4 N–H and O–H groups in total. The average Bonchev–Trinajstić information content (AvgIpc) is 3.04. The number of amides is 1. The molecule has 0 bridgehead atoms. The van der Waals surface area contributed by atoms with Crippen LogP contribution in [0.1, 0.15) is 28.1 Å². The first-order valence-electron chi connectivity index (χ1n) is 7.54. The number of aliphatic hydroxyl groups is 1. The highest BCUT2D eigenvalue weighted by Crippen LogP contribution is 2.51. The number of aliphatic hydroxyl groups excluding tert-OH is 1. The Hall–Kier alpha value is -1.86. The van der Waals surface area contributed by atoms with Gasteiger partial charge in [-0.15, -0.1) is 11.3 Å². The second-order valence-corrected chi connectivity index (χ2v) is 7.61. The standard InChI is InChI=1S/C17H15ClN2O3S/c18-12-6-13-9(11(7-19-13)16(22)20-23)5-10(12)14-1-2-15(24-14)17(8-21)3-4-17/h1-2,5-7,19,21,23H,3-4,8H2,(H,20,22). The molecule has 2 aromatic heterocycles. The average molecular weight is 363 g/mol. The summed E-state index contributed by atoms with van der Waals surface area (Å²) < 4.78 is 0. The van der Waals surface area contributed by atoms with Crippen molar-refractivity contribution in [1.82, 2.24) is 10.5 Å². The molecule has 24 heavy (non-hydrogen) atoms. The quantitative estimate of drug-likeness (QED) is 0.422. The third-order valence-corrected chi connectivity index (χ3v) is 6.34. The predicted octanol–water partition coefficient (Wildman–Crippen LogP) is 3.69. The summed E-state index contributed by atoms with van der Waals surface area (Å²) in [5.74, 6) is -0.571. The molecule has 0 spiro atoms. The highest BCUT2D eigenvalue weighted by atomic mass is 35.5. The summed E-state index contributed by atoms with van der Waals surface area (Å²) >= 11 is 8.04. The molecule has 0 radical (unpaired) electrons. The van der Waals surface area contributed by atoms with E-state index in [4.69, 9.17) is 16.8 Å². The number of halogens is 1. The minimum absolute atomic E-state index is 0.0739. The molecule has 0 saturated heterocycles. The third kappa shape index (κ3) is 2.34. The van der Waals surface area contributed by atoms with Gasteiger partial charge in [0.2, 0.25) is 0 Å². The maximum absolute atomic E-state index is 11.8. The van der Waals surface area contributed by atoms with Gasteiger partial charge in [0.1, 0.15) is 0 Å². The molecule has 0 aliphatic heterocycles. The summed E-state index contributed by atoms with van der Waals surface area (Å²) in [6.45, 7) is 0.165. The van der Waals surface area contributed by atoms with E-state index < -0.39 is 5.91 Å². The second kappa shape index (κ2) is 5.60. The SMILES string of the molecule is O=C(NO)c1c[nH]c2cc(Cl)c(-c3ccc(C4(CO)CC4)s3)cc12. The van der Waals surface area contributed by atoms with Gasteiger partial charge in [0.05, 0.1) is 17.2 Å². The van der Waals surface area contributed by atoms with Crippen LogP contribution in [0.2, 0.25) is 5.02 Å². The van der Waals surface area contributed by atoms with Gasteiger partial charge in [0.25, 0.3) is 5.91 Å². The number of hydroxylamine groups is 1. The van der Waals surface area contributed by atoms with Crippen molar-refractivity contribution in [3.05, 3.63) is 45.9 Å². The van der Waals surface area contributed by atoms with Crippen LogP contribution in [0.25, 0.3) is 21.3 Å². The summed E-state index contributed by atoms with van der Waals surface area (Å²) in [7, 11) is 0. The van der Waals surface area contributed by atoms with E-state index in [2.05, 4.69) is 4.98 Å². The van der Waals surface area contributed by atoms with Crippen LogP contribution in [0.15, 0.2) is 30.5 Å². The van der Waals surface area contributed by atoms with Gasteiger partial charge in [-0.05, 0) is 37.1 Å². The number of hydrogen-bond donors (Lipinski definition) is 4. The van der Waals surface area contributed by atoms with Crippen molar-refractivity contribution in [1.29, 1.82) is 0 Å². The number of H-pyrrole nitrogens is 1. The first-order valence-corrected chi connectivity index (χ1v) is 8.74. The van der Waals surface area contributed by atoms with Gasteiger partial charge in [-0.25, -0.2) is 5.48 Å². The van der Waals surface area contributed by atoms with Crippen LogP contribution < -0.4 is 5.48 Å². The summed E-state index contributed by atoms with van der Waals surface area (Å²) in [5, 5.41) is 19.7. The Morgan fingerprint density at radius 2 is 2.17 bits per heavy atom. The van der Waals surface area contributed by atoms with Gasteiger partial charge < -0.3 is 10.1 Å². The summed E-state index contributed by atoms with van der Waals surface area (Å²) in [6.07, 6.45) is 3.56. The summed E-state index contributed by atoms with van der Waals surface area (Å²) in [5.41, 5.74) is 3.50. The Morgan fingerprint density at radius 3 is 2.83 bits per heavy atom. The van der Waals surface area contributed by atoms with Gasteiger partial charge in [-0.3, -0.25) is 10.0 Å². The molecule has 1 aliphatic carbocycles. The zero-order valence-electron chi connectivity index (χ0n) is 12.6. The van der Waals surface area contributed by atoms with Crippen molar-refractivity contribution in [2.75, 3.05) is 6.61 Å². The van der Waals surface area contributed by atoms with Crippen molar-refractivity contribution in [3.8, 4) is 10.4 Å². The Labute approximate surface area is 146 Å². The van der Waals surface area contributed by atoms with E-state index >= 15 is 0 Å². The third-order valence-electron chi connectivity index (χ3n) is 4.67. The van der Waals surface area contributed by atoms with E-state index in [1.165, 1.54) is 4.88 Å². The number of carbonyl (C=O) groups is 1. The van der Waals surface area contributed by atoms with E-state index in [0.29, 0.717) is 16.0 Å². The van der Waals surface area contributed by atoms with E-state index in [0.717, 1.165) is 28.8 Å². The van der Waals surface area contributed by atoms with Gasteiger partial charge in [-0.2, -0.15) is 0 Å². The largest absolute Gasteiger partial charge is 0.395 e. The van der Waals surface area contributed by atoms with Gasteiger partial charge >= 0.3 is 0 Å². The number of rotatable bonds is 4. The fourth-order valence-electron chi connectivity index (χ4n) is 2.98. The number of aromatic amines is 1. The zero-order valence-corrected chi connectivity index (χ0v) is 14.2. The molecule has 0 atom stereocenters. The lowest BCUT2D eigenvalue weighted by molar-refractivity contribution is 0.0708. The van der Waals surface area contributed by atoms with Gasteiger partial charge in [-0.1, -0.05) is 11.6 Å². The maximum Gasteiger partial charge on any atom is 0.276 e. The number of carbonyl (C=O) groups excluding carboxylic acids is 1. The van der Waals surface area contributed by atoms with Gasteiger partial charge in [0.15, 0.2) is 0 Å². The van der Waals surface area contributed by atoms with Crippen LogP contribution >= 0.6 is 22.9 Å². The summed E-state index contributed by atoms with van der Waals surface area (Å²) in [4.78, 5) is 16.9. The van der Waals surface area contributed by atoms with Crippen LogP contribution in [0.4, 0.5) is 0 Å². The van der Waals surface area contributed by atoms with E-state index in [1.807, 2.05) is 18.2 Å². The lowest BCUT2D eigenvalue weighted by atomic mass is 10.1. The van der Waals surface area contributed by atoms with Crippen LogP contribution in [0, 0.1) is 0 Å². The maximum atomic E-state index is 11.8. The normalized spacial score (nSPS) is 15.6. The summed E-state index contributed by atoms with van der Waals surface area (Å²) in [6, 6.07) is 7.68. The van der Waals surface area contributed by atoms with Gasteiger partial charge in [0, 0.05) is 37.8 Å². The smallest absolute Gasteiger partial charge is 0.276 e. The Bertz CT molecular complexity index is 943. The number of fused-ring (bicyclic) bond motifs is 1. The molecule has 4 rings (SSSR count). The molecule has 5 nitrogen and oxygen atoms in total. The zero-order chi connectivity index (χ0) is 16.9. The first-order chi connectivity index (χ1) is 11.6. The molecule has 124 valence electrons. The number of aromatic nitrogens is 1. The van der Waals surface area contributed by atoms with E-state index in [-0.39, 0.29) is 12.0 Å². The van der Waals surface area contributed by atoms with Crippen molar-refractivity contribution < 1.29 is 15.1 Å². The number of thiophene rings is 1. The molecule has 2 heterocycles. The fraction of sp³-hybridized carbons (Fsp3) is 0.235. The molecule has 1 amide bonds. The minimum atomic E-state index is -0.571. The number of nitrogens with one attached hydrogen (secondary N) is 2. The number of benzene rings is 1. The van der Waals surface area contributed by atoms with Crippen molar-refractivity contribution in [2.24, 2.45) is 0 Å². The van der Waals surface area contributed by atoms with Crippen LogP contribution in [0.3, 0.4) is 0 Å². The van der Waals surface area contributed by atoms with Crippen LogP contribution in [-0.2, 0) is 5.41 Å². The second-order valence-electron chi connectivity index (χ2n) is 6.12. The molecule has 1 aromatic carbocycles. The van der Waals surface area contributed by atoms with Crippen molar-refractivity contribution in [2.45, 2.75) is 18.3 Å². The highest BCUT2D eigenvalue weighted by Gasteiger charge is 2.44. The Balaban J connectivity index is 1.81. The minimum Gasteiger partial charge on any atom is -0.395 e. The van der Waals surface area contributed by atoms with E-state index in [1.54, 1.807) is 29.1 Å².